The highest BCUT2D eigenvalue weighted by molar-refractivity contribution is 8.02. The minimum Gasteiger partial charge on any atom is -0.283 e. The molecule has 1 heterocycles. The van der Waals surface area contributed by atoms with Crippen LogP contribution in [0.3, 0.4) is 0 Å². The number of allylic oxidation sites excluding steroid dienone is 6. The van der Waals surface area contributed by atoms with Gasteiger partial charge < -0.3 is 0 Å². The van der Waals surface area contributed by atoms with Crippen LogP contribution in [-0.4, -0.2) is 20.4 Å². The highest BCUT2D eigenvalue weighted by Crippen LogP contribution is 2.24. The summed E-state index contributed by atoms with van der Waals surface area (Å²) >= 11 is 1.65. The molecule has 0 aromatic heterocycles. The highest BCUT2D eigenvalue weighted by atomic mass is 32.2. The summed E-state index contributed by atoms with van der Waals surface area (Å²) in [6, 6.07) is 0. The molecule has 0 bridgehead atoms. The first kappa shape index (κ1) is 11.5. The van der Waals surface area contributed by atoms with Gasteiger partial charge in [-0.2, -0.15) is 0 Å². The zero-order valence-electron chi connectivity index (χ0n) is 8.93. The van der Waals surface area contributed by atoms with Crippen molar-refractivity contribution < 1.29 is 8.42 Å². The Morgan fingerprint density at radius 1 is 1.31 bits per heavy atom. The molecule has 16 heavy (non-hydrogen) atoms. The predicted molar refractivity (Wildman–Crippen MR) is 68.4 cm³/mol. The van der Waals surface area contributed by atoms with Crippen LogP contribution in [-0.2, 0) is 10.0 Å². The van der Waals surface area contributed by atoms with E-state index < -0.39 is 10.0 Å². The minimum absolute atomic E-state index is 0.168. The molecule has 0 amide bonds. The molecule has 0 unspecified atom stereocenters. The summed E-state index contributed by atoms with van der Waals surface area (Å²) in [4.78, 5) is 1.14. The number of hydrogen-bond acceptors (Lipinski definition) is 3. The van der Waals surface area contributed by atoms with Gasteiger partial charge in [0, 0.05) is 4.91 Å². The highest BCUT2D eigenvalue weighted by Gasteiger charge is 2.20. The van der Waals surface area contributed by atoms with E-state index in [0.29, 0.717) is 12.1 Å². The van der Waals surface area contributed by atoms with E-state index in [0.717, 1.165) is 10.5 Å². The Morgan fingerprint density at radius 3 is 2.81 bits per heavy atom. The monoisotopic (exact) mass is 255 g/mol. The van der Waals surface area contributed by atoms with Crippen molar-refractivity contribution in [2.75, 3.05) is 12.0 Å². The molecule has 1 aliphatic carbocycles. The van der Waals surface area contributed by atoms with Crippen molar-refractivity contribution in [2.45, 2.75) is 6.42 Å². The lowest BCUT2D eigenvalue weighted by Gasteiger charge is -2.19. The molecule has 2 rings (SSSR count). The van der Waals surface area contributed by atoms with Crippen LogP contribution >= 0.6 is 11.8 Å². The van der Waals surface area contributed by atoms with Crippen LogP contribution in [0.25, 0.3) is 0 Å². The fourth-order valence-corrected chi connectivity index (χ4v) is 3.20. The second-order valence-electron chi connectivity index (χ2n) is 3.58. The zero-order chi connectivity index (χ0) is 11.6. The first-order valence-electron chi connectivity index (χ1n) is 4.95. The molecule has 0 fully saturated rings. The zero-order valence-corrected chi connectivity index (χ0v) is 10.6. The van der Waals surface area contributed by atoms with Crippen LogP contribution in [0.2, 0.25) is 0 Å². The van der Waals surface area contributed by atoms with Gasteiger partial charge in [0.15, 0.2) is 0 Å². The van der Waals surface area contributed by atoms with Crippen LogP contribution in [0, 0.1) is 0 Å². The van der Waals surface area contributed by atoms with Crippen LogP contribution < -0.4 is 4.72 Å². The molecule has 0 spiro atoms. The van der Waals surface area contributed by atoms with Crippen molar-refractivity contribution in [1.29, 1.82) is 0 Å². The van der Waals surface area contributed by atoms with Gasteiger partial charge in [0.2, 0.25) is 10.0 Å². The van der Waals surface area contributed by atoms with Gasteiger partial charge in [-0.25, -0.2) is 8.42 Å². The molecule has 0 radical (unpaired) electrons. The van der Waals surface area contributed by atoms with Gasteiger partial charge in [-0.3, -0.25) is 4.72 Å². The summed E-state index contributed by atoms with van der Waals surface area (Å²) in [5.74, 6) is 0.168. The molecular weight excluding hydrogens is 242 g/mol. The fraction of sp³-hybridized carbons (Fsp3) is 0.273. The van der Waals surface area contributed by atoms with Crippen molar-refractivity contribution in [2.24, 2.45) is 0 Å². The largest absolute Gasteiger partial charge is 0.283 e. The van der Waals surface area contributed by atoms with Crippen molar-refractivity contribution in [3.05, 3.63) is 46.6 Å². The lowest BCUT2D eigenvalue weighted by molar-refractivity contribution is 0.585. The minimum atomic E-state index is -3.12. The van der Waals surface area contributed by atoms with Crippen molar-refractivity contribution in [1.82, 2.24) is 4.72 Å². The van der Waals surface area contributed by atoms with Gasteiger partial charge in [-0.05, 0) is 36.5 Å². The maximum atomic E-state index is 11.4. The van der Waals surface area contributed by atoms with Gasteiger partial charge in [0.1, 0.15) is 0 Å². The fourth-order valence-electron chi connectivity index (χ4n) is 1.60. The van der Waals surface area contributed by atoms with Crippen LogP contribution in [0.5, 0.6) is 0 Å². The van der Waals surface area contributed by atoms with Gasteiger partial charge in [0.25, 0.3) is 0 Å². The molecule has 5 heteroatoms. The van der Waals surface area contributed by atoms with Crippen LogP contribution in [0.1, 0.15) is 6.42 Å². The standard InChI is InChI=1S/C11H13NO2S2/c1-15-10-4-2-3-5-11-9(8-10)6-7-16(13,14)12-11/h2-5,8,12H,6-7H2,1H3/b3-2?,4-2?,5-3+,9-8?,10-4?,10-8?,11-5?. The molecule has 1 aliphatic heterocycles. The van der Waals surface area contributed by atoms with E-state index in [1.165, 1.54) is 0 Å². The Kier molecular flexibility index (Phi) is 3.25. The maximum absolute atomic E-state index is 11.4. The Hall–Kier alpha value is -0.940. The van der Waals surface area contributed by atoms with Crippen molar-refractivity contribution in [3.63, 3.8) is 0 Å². The van der Waals surface area contributed by atoms with E-state index >= 15 is 0 Å². The van der Waals surface area contributed by atoms with Gasteiger partial charge in [-0.1, -0.05) is 12.2 Å². The smallest absolute Gasteiger partial charge is 0.233 e. The lowest BCUT2D eigenvalue weighted by atomic mass is 10.1. The SMILES string of the molecule is CSC1=CC2=C(/C=C/C=C1)NS(=O)(=O)CC2. The number of rotatable bonds is 1. The third kappa shape index (κ3) is 2.59. The summed E-state index contributed by atoms with van der Waals surface area (Å²) < 4.78 is 25.4. The molecule has 0 saturated heterocycles. The summed E-state index contributed by atoms with van der Waals surface area (Å²) in [5, 5.41) is 0. The summed E-state index contributed by atoms with van der Waals surface area (Å²) in [6.45, 7) is 0. The Bertz CT molecular complexity index is 510. The first-order chi connectivity index (χ1) is 7.61. The Labute approximate surface area is 100 Å². The van der Waals surface area contributed by atoms with E-state index in [4.69, 9.17) is 0 Å². The maximum Gasteiger partial charge on any atom is 0.233 e. The Morgan fingerprint density at radius 2 is 2.06 bits per heavy atom. The average Bonchev–Trinajstić information content (AvgIpc) is 2.20. The Balaban J connectivity index is 2.42. The molecule has 0 saturated carbocycles. The summed E-state index contributed by atoms with van der Waals surface area (Å²) in [5.41, 5.74) is 1.75. The number of nitrogens with one attached hydrogen (secondary N) is 1. The van der Waals surface area contributed by atoms with E-state index in [9.17, 15) is 8.42 Å². The van der Waals surface area contributed by atoms with Gasteiger partial charge in [0.05, 0.1) is 11.4 Å². The third-order valence-electron chi connectivity index (χ3n) is 2.44. The van der Waals surface area contributed by atoms with E-state index in [2.05, 4.69) is 4.72 Å². The summed E-state index contributed by atoms with van der Waals surface area (Å²) in [6.07, 6.45) is 12.2. The molecular formula is C11H13NO2S2. The quantitative estimate of drug-likeness (QED) is 0.779. The molecule has 2 aliphatic rings. The van der Waals surface area contributed by atoms with E-state index in [1.54, 1.807) is 17.8 Å². The normalized spacial score (nSPS) is 24.9. The van der Waals surface area contributed by atoms with Crippen LogP contribution in [0.15, 0.2) is 46.6 Å². The molecule has 3 nitrogen and oxygen atoms in total. The molecule has 86 valence electrons. The third-order valence-corrected chi connectivity index (χ3v) is 4.44. The van der Waals surface area contributed by atoms with Crippen LogP contribution in [0.4, 0.5) is 0 Å². The predicted octanol–water partition coefficient (Wildman–Crippen LogP) is 1.94. The number of thioether (sulfide) groups is 1. The molecule has 0 aromatic rings. The topological polar surface area (TPSA) is 46.2 Å². The van der Waals surface area contributed by atoms with Gasteiger partial charge >= 0.3 is 0 Å². The summed E-state index contributed by atoms with van der Waals surface area (Å²) in [7, 11) is -3.12. The second-order valence-corrected chi connectivity index (χ2v) is 6.30. The van der Waals surface area contributed by atoms with Gasteiger partial charge in [-0.15, -0.1) is 11.8 Å². The molecule has 0 atom stereocenters. The molecule has 0 aromatic carbocycles. The van der Waals surface area contributed by atoms with E-state index in [1.807, 2.05) is 30.6 Å². The number of hydrogen-bond donors (Lipinski definition) is 1. The first-order valence-corrected chi connectivity index (χ1v) is 7.82. The van der Waals surface area contributed by atoms with Crippen molar-refractivity contribution >= 4 is 21.8 Å². The number of sulfonamides is 1. The van der Waals surface area contributed by atoms with E-state index in [-0.39, 0.29) is 5.75 Å². The average molecular weight is 255 g/mol. The van der Waals surface area contributed by atoms with Crippen molar-refractivity contribution in [3.8, 4) is 0 Å². The molecule has 1 N–H and O–H groups in total. The second kappa shape index (κ2) is 4.51. The lowest BCUT2D eigenvalue weighted by Crippen LogP contribution is -2.30.